The Labute approximate surface area is 172 Å². The molecule has 1 unspecified atom stereocenters. The molecule has 0 radical (unpaired) electrons. The number of aliphatic hydroxyl groups is 2. The summed E-state index contributed by atoms with van der Waals surface area (Å²) in [6.45, 7) is 7.08. The van der Waals surface area contributed by atoms with Crippen LogP contribution in [0.25, 0.3) is 0 Å². The lowest BCUT2D eigenvalue weighted by atomic mass is 10.2. The van der Waals surface area contributed by atoms with Gasteiger partial charge in [-0.25, -0.2) is 9.59 Å². The van der Waals surface area contributed by atoms with Gasteiger partial charge in [0.05, 0.1) is 39.6 Å². The van der Waals surface area contributed by atoms with Gasteiger partial charge >= 0.3 is 17.9 Å². The third kappa shape index (κ3) is 13.1. The van der Waals surface area contributed by atoms with Crippen molar-refractivity contribution in [2.45, 2.75) is 46.5 Å². The highest BCUT2D eigenvalue weighted by atomic mass is 16.8. The van der Waals surface area contributed by atoms with Gasteiger partial charge < -0.3 is 33.9 Å². The van der Waals surface area contributed by atoms with E-state index in [1.165, 1.54) is 19.1 Å². The maximum absolute atomic E-state index is 12.2. The van der Waals surface area contributed by atoms with Crippen LogP contribution in [0.4, 0.5) is 0 Å². The molecule has 0 heterocycles. The van der Waals surface area contributed by atoms with Crippen LogP contribution < -0.4 is 0 Å². The molecule has 9 nitrogen and oxygen atoms in total. The van der Waals surface area contributed by atoms with Crippen LogP contribution in [-0.4, -0.2) is 74.4 Å². The second-order valence-electron chi connectivity index (χ2n) is 6.11. The van der Waals surface area contributed by atoms with E-state index in [0.717, 1.165) is 12.8 Å². The maximum Gasteiger partial charge on any atom is 0.351 e. The van der Waals surface area contributed by atoms with E-state index in [9.17, 15) is 14.7 Å². The zero-order chi connectivity index (χ0) is 22.1. The van der Waals surface area contributed by atoms with Crippen molar-refractivity contribution in [2.24, 2.45) is 0 Å². The van der Waals surface area contributed by atoms with E-state index < -0.39 is 24.5 Å². The standard InChI is InChI=1S/C20H34O9/c1-5-7-11-27-18(22)16(3)8-9-17(4)19(23)29-20(24,28-6-2)15-26-14-13-25-12-10-21/h8-9,21,24H,5-7,10-15H2,1-4H3/b16-8+,17-9+. The molecular formula is C20H34O9. The Bertz CT molecular complexity index is 542. The van der Waals surface area contributed by atoms with Gasteiger partial charge in [-0.3, -0.25) is 0 Å². The normalized spacial score (nSPS) is 14.4. The van der Waals surface area contributed by atoms with E-state index in [2.05, 4.69) is 0 Å². The van der Waals surface area contributed by atoms with Gasteiger partial charge in [-0.1, -0.05) is 25.5 Å². The van der Waals surface area contributed by atoms with Gasteiger partial charge in [0.25, 0.3) is 0 Å². The molecule has 0 bridgehead atoms. The van der Waals surface area contributed by atoms with E-state index in [0.29, 0.717) is 12.2 Å². The number of hydrogen-bond acceptors (Lipinski definition) is 9. The molecule has 9 heteroatoms. The average molecular weight is 418 g/mol. The fourth-order valence-electron chi connectivity index (χ4n) is 1.85. The number of ether oxygens (including phenoxy) is 5. The summed E-state index contributed by atoms with van der Waals surface area (Å²) >= 11 is 0. The minimum absolute atomic E-state index is 0.0829. The van der Waals surface area contributed by atoms with Crippen LogP contribution in [-0.2, 0) is 33.3 Å². The Kier molecular flexibility index (Phi) is 15.1. The third-order valence-corrected chi connectivity index (χ3v) is 3.47. The zero-order valence-corrected chi connectivity index (χ0v) is 17.8. The summed E-state index contributed by atoms with van der Waals surface area (Å²) in [5.41, 5.74) is 0.481. The number of esters is 2. The van der Waals surface area contributed by atoms with Crippen molar-refractivity contribution in [3.8, 4) is 0 Å². The smallest absolute Gasteiger partial charge is 0.351 e. The Morgan fingerprint density at radius 2 is 1.55 bits per heavy atom. The molecule has 0 saturated heterocycles. The largest absolute Gasteiger partial charge is 0.462 e. The number of carbonyl (C=O) groups excluding carboxylic acids is 2. The van der Waals surface area contributed by atoms with Crippen LogP contribution in [0.1, 0.15) is 40.5 Å². The SMILES string of the molecule is CCCCOC(=O)/C(C)=C/C=C(\C)C(=O)OC(O)(COCCOCCO)OCC. The molecule has 0 fully saturated rings. The molecule has 0 rings (SSSR count). The van der Waals surface area contributed by atoms with Crippen LogP contribution >= 0.6 is 0 Å². The summed E-state index contributed by atoms with van der Waals surface area (Å²) in [7, 11) is 0. The molecule has 0 aliphatic rings. The average Bonchev–Trinajstić information content (AvgIpc) is 2.68. The maximum atomic E-state index is 12.2. The van der Waals surface area contributed by atoms with Gasteiger partial charge in [0, 0.05) is 11.1 Å². The summed E-state index contributed by atoms with van der Waals surface area (Å²) in [6.07, 6.45) is 4.54. The summed E-state index contributed by atoms with van der Waals surface area (Å²) in [4.78, 5) is 24.0. The van der Waals surface area contributed by atoms with Crippen molar-refractivity contribution < 1.29 is 43.5 Å². The molecule has 0 saturated carbocycles. The fourth-order valence-corrected chi connectivity index (χ4v) is 1.85. The van der Waals surface area contributed by atoms with Gasteiger partial charge in [-0.05, 0) is 27.2 Å². The molecule has 0 aliphatic heterocycles. The van der Waals surface area contributed by atoms with Gasteiger partial charge in [0.1, 0.15) is 6.61 Å². The van der Waals surface area contributed by atoms with Gasteiger partial charge in [0.15, 0.2) is 0 Å². The number of aliphatic hydroxyl groups excluding tert-OH is 1. The summed E-state index contributed by atoms with van der Waals surface area (Å²) in [5.74, 6) is -3.54. The third-order valence-electron chi connectivity index (χ3n) is 3.47. The highest BCUT2D eigenvalue weighted by Gasteiger charge is 2.33. The second-order valence-corrected chi connectivity index (χ2v) is 6.11. The van der Waals surface area contributed by atoms with Crippen LogP contribution in [0.3, 0.4) is 0 Å². The van der Waals surface area contributed by atoms with Crippen LogP contribution in [0, 0.1) is 0 Å². The van der Waals surface area contributed by atoms with Crippen molar-refractivity contribution in [1.29, 1.82) is 0 Å². The van der Waals surface area contributed by atoms with E-state index in [1.807, 2.05) is 6.92 Å². The van der Waals surface area contributed by atoms with Gasteiger partial charge in [0.2, 0.25) is 0 Å². The number of rotatable bonds is 16. The highest BCUT2D eigenvalue weighted by molar-refractivity contribution is 5.90. The Morgan fingerprint density at radius 1 is 0.931 bits per heavy atom. The van der Waals surface area contributed by atoms with Crippen LogP contribution in [0.15, 0.2) is 23.3 Å². The lowest BCUT2D eigenvalue weighted by molar-refractivity contribution is -0.355. The zero-order valence-electron chi connectivity index (χ0n) is 17.8. The predicted octanol–water partition coefficient (Wildman–Crippen LogP) is 1.47. The number of unbranched alkanes of at least 4 members (excludes halogenated alkanes) is 1. The van der Waals surface area contributed by atoms with Crippen molar-refractivity contribution in [3.63, 3.8) is 0 Å². The molecular weight excluding hydrogens is 384 g/mol. The first-order valence-electron chi connectivity index (χ1n) is 9.68. The monoisotopic (exact) mass is 418 g/mol. The highest BCUT2D eigenvalue weighted by Crippen LogP contribution is 2.14. The molecule has 1 atom stereocenters. The van der Waals surface area contributed by atoms with Crippen molar-refractivity contribution in [1.82, 2.24) is 0 Å². The van der Waals surface area contributed by atoms with E-state index >= 15 is 0 Å². The molecule has 0 aromatic carbocycles. The van der Waals surface area contributed by atoms with Gasteiger partial charge in [-0.15, -0.1) is 0 Å². The first-order valence-corrected chi connectivity index (χ1v) is 9.68. The Morgan fingerprint density at radius 3 is 2.14 bits per heavy atom. The minimum Gasteiger partial charge on any atom is -0.462 e. The first kappa shape index (κ1) is 27.2. The molecule has 168 valence electrons. The lowest BCUT2D eigenvalue weighted by Crippen LogP contribution is -2.43. The molecule has 0 aliphatic carbocycles. The molecule has 2 N–H and O–H groups in total. The molecule has 0 spiro atoms. The van der Waals surface area contributed by atoms with Crippen LogP contribution in [0.2, 0.25) is 0 Å². The minimum atomic E-state index is -2.25. The fraction of sp³-hybridized carbons (Fsp3) is 0.700. The summed E-state index contributed by atoms with van der Waals surface area (Å²) in [6, 6.07) is 0. The van der Waals surface area contributed by atoms with Crippen molar-refractivity contribution in [3.05, 3.63) is 23.3 Å². The predicted molar refractivity (Wildman–Crippen MR) is 105 cm³/mol. The first-order chi connectivity index (χ1) is 13.8. The van der Waals surface area contributed by atoms with E-state index in [-0.39, 0.29) is 38.6 Å². The topological polar surface area (TPSA) is 121 Å². The lowest BCUT2D eigenvalue weighted by Gasteiger charge is -2.26. The quantitative estimate of drug-likeness (QED) is 0.126. The van der Waals surface area contributed by atoms with Crippen molar-refractivity contribution in [2.75, 3.05) is 46.2 Å². The second kappa shape index (κ2) is 16.1. The number of carbonyl (C=O) groups is 2. The van der Waals surface area contributed by atoms with Crippen LogP contribution in [0.5, 0.6) is 0 Å². The molecule has 0 aromatic heterocycles. The number of hydrogen-bond donors (Lipinski definition) is 2. The number of allylic oxidation sites excluding steroid dienone is 2. The molecule has 0 aromatic rings. The van der Waals surface area contributed by atoms with E-state index in [4.69, 9.17) is 28.8 Å². The Balaban J connectivity index is 4.71. The van der Waals surface area contributed by atoms with Gasteiger partial charge in [-0.2, -0.15) is 0 Å². The summed E-state index contributed by atoms with van der Waals surface area (Å²) in [5, 5.41) is 18.9. The van der Waals surface area contributed by atoms with E-state index in [1.54, 1.807) is 13.8 Å². The summed E-state index contributed by atoms with van der Waals surface area (Å²) < 4.78 is 25.4. The van der Waals surface area contributed by atoms with Crippen molar-refractivity contribution >= 4 is 11.9 Å². The Hall–Kier alpha value is -1.78. The molecule has 0 amide bonds. The molecule has 29 heavy (non-hydrogen) atoms.